The SMILES string of the molecule is Cc1cc([C@@H]2CCCN2C(=O)c2cc3cc([N+](=O)[O-])ccc3s2)on1. The number of hydrogen-bond donors (Lipinski definition) is 0. The molecule has 0 saturated carbocycles. The summed E-state index contributed by atoms with van der Waals surface area (Å²) in [6, 6.07) is 8.15. The average Bonchev–Trinajstić information content (AvgIpc) is 3.31. The summed E-state index contributed by atoms with van der Waals surface area (Å²) in [5.74, 6) is 0.639. The molecule has 1 saturated heterocycles. The number of nitro groups is 1. The van der Waals surface area contributed by atoms with E-state index in [1.54, 1.807) is 17.0 Å². The zero-order valence-corrected chi connectivity index (χ0v) is 14.3. The Morgan fingerprint density at radius 3 is 2.96 bits per heavy atom. The van der Waals surface area contributed by atoms with Gasteiger partial charge in [-0.05, 0) is 31.9 Å². The lowest BCUT2D eigenvalue weighted by Crippen LogP contribution is -2.29. The minimum atomic E-state index is -0.429. The number of non-ortho nitro benzene ring substituents is 1. The molecule has 2 aromatic heterocycles. The molecule has 25 heavy (non-hydrogen) atoms. The van der Waals surface area contributed by atoms with Crippen LogP contribution in [0.25, 0.3) is 10.1 Å². The maximum atomic E-state index is 13.0. The maximum Gasteiger partial charge on any atom is 0.270 e. The predicted octanol–water partition coefficient (Wildman–Crippen LogP) is 4.08. The van der Waals surface area contributed by atoms with Crippen molar-refractivity contribution in [1.82, 2.24) is 10.1 Å². The monoisotopic (exact) mass is 357 g/mol. The summed E-state index contributed by atoms with van der Waals surface area (Å²) in [4.78, 5) is 25.8. The number of nitrogens with zero attached hydrogens (tertiary/aromatic N) is 3. The third-order valence-corrected chi connectivity index (χ3v) is 5.51. The van der Waals surface area contributed by atoms with Gasteiger partial charge in [0, 0.05) is 34.8 Å². The summed E-state index contributed by atoms with van der Waals surface area (Å²) in [6.45, 7) is 2.52. The number of carbonyl (C=O) groups excluding carboxylic acids is 1. The van der Waals surface area contributed by atoms with E-state index in [1.165, 1.54) is 23.5 Å². The number of fused-ring (bicyclic) bond motifs is 1. The van der Waals surface area contributed by atoms with Gasteiger partial charge >= 0.3 is 0 Å². The van der Waals surface area contributed by atoms with Gasteiger partial charge in [0.25, 0.3) is 11.6 Å². The number of aryl methyl sites for hydroxylation is 1. The summed E-state index contributed by atoms with van der Waals surface area (Å²) in [5, 5.41) is 15.5. The average molecular weight is 357 g/mol. The molecule has 1 aromatic carbocycles. The van der Waals surface area contributed by atoms with Crippen molar-refractivity contribution in [2.45, 2.75) is 25.8 Å². The predicted molar refractivity (Wildman–Crippen MR) is 92.7 cm³/mol. The van der Waals surface area contributed by atoms with Gasteiger partial charge < -0.3 is 9.42 Å². The Morgan fingerprint density at radius 1 is 1.40 bits per heavy atom. The zero-order valence-electron chi connectivity index (χ0n) is 13.5. The molecule has 1 amide bonds. The van der Waals surface area contributed by atoms with Gasteiger partial charge in [0.2, 0.25) is 0 Å². The number of carbonyl (C=O) groups is 1. The van der Waals surface area contributed by atoms with Crippen LogP contribution < -0.4 is 0 Å². The molecule has 1 aliphatic rings. The summed E-state index contributed by atoms with van der Waals surface area (Å²) in [7, 11) is 0. The van der Waals surface area contributed by atoms with Crippen molar-refractivity contribution in [1.29, 1.82) is 0 Å². The molecule has 3 aromatic rings. The van der Waals surface area contributed by atoms with Crippen LogP contribution in [0.1, 0.15) is 40.0 Å². The van der Waals surface area contributed by atoms with E-state index in [0.29, 0.717) is 22.6 Å². The number of rotatable bonds is 3. The van der Waals surface area contributed by atoms with Crippen LogP contribution in [0.3, 0.4) is 0 Å². The molecule has 0 bridgehead atoms. The van der Waals surface area contributed by atoms with Gasteiger partial charge in [0.1, 0.15) is 0 Å². The lowest BCUT2D eigenvalue weighted by atomic mass is 10.1. The molecule has 0 unspecified atom stereocenters. The van der Waals surface area contributed by atoms with Crippen molar-refractivity contribution in [2.75, 3.05) is 6.54 Å². The van der Waals surface area contributed by atoms with E-state index in [4.69, 9.17) is 4.52 Å². The molecular weight excluding hydrogens is 342 g/mol. The maximum absolute atomic E-state index is 13.0. The van der Waals surface area contributed by atoms with Crippen LogP contribution >= 0.6 is 11.3 Å². The van der Waals surface area contributed by atoms with Crippen LogP contribution in [-0.4, -0.2) is 27.4 Å². The number of benzene rings is 1. The number of amides is 1. The van der Waals surface area contributed by atoms with Crippen LogP contribution in [0.5, 0.6) is 0 Å². The van der Waals surface area contributed by atoms with Crippen LogP contribution in [0.15, 0.2) is 34.9 Å². The topological polar surface area (TPSA) is 89.5 Å². The van der Waals surface area contributed by atoms with Gasteiger partial charge in [-0.25, -0.2) is 0 Å². The molecule has 7 nitrogen and oxygen atoms in total. The molecule has 1 fully saturated rings. The Bertz CT molecular complexity index is 977. The Hall–Kier alpha value is -2.74. The first-order chi connectivity index (χ1) is 12.0. The largest absolute Gasteiger partial charge is 0.359 e. The van der Waals surface area contributed by atoms with Gasteiger partial charge in [-0.2, -0.15) is 0 Å². The van der Waals surface area contributed by atoms with E-state index in [-0.39, 0.29) is 17.6 Å². The first-order valence-electron chi connectivity index (χ1n) is 7.95. The number of likely N-dealkylation sites (tertiary alicyclic amines) is 1. The molecule has 0 radical (unpaired) electrons. The van der Waals surface area contributed by atoms with Crippen molar-refractivity contribution in [3.63, 3.8) is 0 Å². The highest BCUT2D eigenvalue weighted by Gasteiger charge is 2.33. The fourth-order valence-electron chi connectivity index (χ4n) is 3.24. The van der Waals surface area contributed by atoms with E-state index in [2.05, 4.69) is 5.16 Å². The highest BCUT2D eigenvalue weighted by molar-refractivity contribution is 7.20. The Balaban J connectivity index is 1.65. The Labute approximate surface area is 147 Å². The highest BCUT2D eigenvalue weighted by Crippen LogP contribution is 2.36. The van der Waals surface area contributed by atoms with Gasteiger partial charge in [0.15, 0.2) is 5.76 Å². The Kier molecular flexibility index (Phi) is 3.76. The lowest BCUT2D eigenvalue weighted by Gasteiger charge is -2.21. The van der Waals surface area contributed by atoms with Crippen molar-refractivity contribution < 1.29 is 14.2 Å². The lowest BCUT2D eigenvalue weighted by molar-refractivity contribution is -0.384. The fourth-order valence-corrected chi connectivity index (χ4v) is 4.24. The van der Waals surface area contributed by atoms with Gasteiger partial charge in [-0.15, -0.1) is 11.3 Å². The number of nitro benzene ring substituents is 1. The summed E-state index contributed by atoms with van der Waals surface area (Å²) in [6.07, 6.45) is 1.75. The second-order valence-corrected chi connectivity index (χ2v) is 7.20. The van der Waals surface area contributed by atoms with E-state index < -0.39 is 4.92 Å². The van der Waals surface area contributed by atoms with Gasteiger partial charge in [-0.1, -0.05) is 5.16 Å². The summed E-state index contributed by atoms with van der Waals surface area (Å²) in [5.41, 5.74) is 0.823. The zero-order chi connectivity index (χ0) is 17.6. The number of hydrogen-bond acceptors (Lipinski definition) is 6. The van der Waals surface area contributed by atoms with Crippen LogP contribution in [0.4, 0.5) is 5.69 Å². The molecule has 4 rings (SSSR count). The molecule has 8 heteroatoms. The second-order valence-electron chi connectivity index (χ2n) is 6.12. The van der Waals surface area contributed by atoms with Crippen LogP contribution in [-0.2, 0) is 0 Å². The second kappa shape index (κ2) is 5.96. The minimum absolute atomic E-state index is 0.0282. The standard InChI is InChI=1S/C17H15N3O4S/c1-10-7-14(24-18-10)13-3-2-6-19(13)17(21)16-9-11-8-12(20(22)23)4-5-15(11)25-16/h4-5,7-9,13H,2-3,6H2,1H3/t13-/m0/s1. The van der Waals surface area contributed by atoms with Crippen molar-refractivity contribution in [3.8, 4) is 0 Å². The third kappa shape index (κ3) is 2.78. The van der Waals surface area contributed by atoms with E-state index in [1.807, 2.05) is 13.0 Å². The molecule has 0 spiro atoms. The van der Waals surface area contributed by atoms with Gasteiger partial charge in [0.05, 0.1) is 21.5 Å². The number of aromatic nitrogens is 1. The quantitative estimate of drug-likeness (QED) is 0.520. The smallest absolute Gasteiger partial charge is 0.270 e. The van der Waals surface area contributed by atoms with Crippen molar-refractivity contribution in [2.24, 2.45) is 0 Å². The Morgan fingerprint density at radius 2 is 2.24 bits per heavy atom. The molecule has 0 aliphatic carbocycles. The highest BCUT2D eigenvalue weighted by atomic mass is 32.1. The molecule has 0 N–H and O–H groups in total. The first kappa shape index (κ1) is 15.8. The van der Waals surface area contributed by atoms with E-state index >= 15 is 0 Å². The normalized spacial score (nSPS) is 17.3. The molecule has 128 valence electrons. The van der Waals surface area contributed by atoms with E-state index in [9.17, 15) is 14.9 Å². The molecular formula is C17H15N3O4S. The molecule has 1 atom stereocenters. The first-order valence-corrected chi connectivity index (χ1v) is 8.77. The fraction of sp³-hybridized carbons (Fsp3) is 0.294. The van der Waals surface area contributed by atoms with Crippen molar-refractivity contribution in [3.05, 3.63) is 56.8 Å². The van der Waals surface area contributed by atoms with Crippen LogP contribution in [0, 0.1) is 17.0 Å². The van der Waals surface area contributed by atoms with E-state index in [0.717, 1.165) is 23.2 Å². The molecule has 1 aliphatic heterocycles. The third-order valence-electron chi connectivity index (χ3n) is 4.41. The van der Waals surface area contributed by atoms with Crippen molar-refractivity contribution >= 4 is 33.0 Å². The minimum Gasteiger partial charge on any atom is -0.359 e. The number of thiophene rings is 1. The molecule has 3 heterocycles. The summed E-state index contributed by atoms with van der Waals surface area (Å²) < 4.78 is 6.21. The summed E-state index contributed by atoms with van der Waals surface area (Å²) >= 11 is 1.36. The van der Waals surface area contributed by atoms with Crippen LogP contribution in [0.2, 0.25) is 0 Å². The van der Waals surface area contributed by atoms with Gasteiger partial charge in [-0.3, -0.25) is 14.9 Å².